The van der Waals surface area contributed by atoms with E-state index in [4.69, 9.17) is 9.47 Å². The van der Waals surface area contributed by atoms with Gasteiger partial charge >= 0.3 is 11.9 Å². The third kappa shape index (κ3) is 4.61. The lowest BCUT2D eigenvalue weighted by Crippen LogP contribution is -2.42. The predicted molar refractivity (Wildman–Crippen MR) is 153 cm³/mol. The quantitative estimate of drug-likeness (QED) is 0.209. The first kappa shape index (κ1) is 26.0. The second kappa shape index (κ2) is 11.0. The normalized spacial score (nSPS) is 16.0. The molecule has 0 bridgehead atoms. The maximum absolute atomic E-state index is 13.9. The molecule has 0 N–H and O–H groups in total. The van der Waals surface area contributed by atoms with Crippen LogP contribution in [0.5, 0.6) is 0 Å². The molecule has 39 heavy (non-hydrogen) atoms. The van der Waals surface area contributed by atoms with Gasteiger partial charge in [-0.05, 0) is 35.7 Å². The number of carbonyl (C=O) groups excluding carboxylic acids is 2. The Balaban J connectivity index is 1.96. The van der Waals surface area contributed by atoms with Gasteiger partial charge in [-0.1, -0.05) is 109 Å². The van der Waals surface area contributed by atoms with Crippen molar-refractivity contribution in [3.8, 4) is 0 Å². The summed E-state index contributed by atoms with van der Waals surface area (Å²) < 4.78 is 10.8. The van der Waals surface area contributed by atoms with Gasteiger partial charge in [0.25, 0.3) is 0 Å². The maximum atomic E-state index is 13.9. The van der Waals surface area contributed by atoms with E-state index in [0.29, 0.717) is 5.70 Å². The van der Waals surface area contributed by atoms with Crippen LogP contribution in [0.1, 0.15) is 34.7 Å². The first-order valence-corrected chi connectivity index (χ1v) is 12.9. The molecule has 1 aliphatic heterocycles. The zero-order valence-corrected chi connectivity index (χ0v) is 22.3. The molecule has 1 aliphatic rings. The van der Waals surface area contributed by atoms with Gasteiger partial charge in [-0.15, -0.1) is 0 Å². The first-order chi connectivity index (χ1) is 19.0. The van der Waals surface area contributed by atoms with Crippen molar-refractivity contribution in [3.05, 3.63) is 143 Å². The number of anilines is 1. The standard InChI is InChI=1S/C34H31NO4/c1-24-19-21-28(22-20-24)35-29(25-13-7-4-8-14-25)23-34(32(36)38-2,33(37)39-3)31(35)30(26-15-9-5-10-16-26)27-17-11-6-12-18-27/h4-22,29H,23H2,1-3H3/t29-/m1/s1. The Morgan fingerprint density at radius 1 is 0.692 bits per heavy atom. The minimum Gasteiger partial charge on any atom is -0.468 e. The van der Waals surface area contributed by atoms with Crippen LogP contribution >= 0.6 is 0 Å². The predicted octanol–water partition coefficient (Wildman–Crippen LogP) is 6.74. The van der Waals surface area contributed by atoms with Crippen LogP contribution in [0.15, 0.2) is 121 Å². The number of hydrogen-bond acceptors (Lipinski definition) is 5. The van der Waals surface area contributed by atoms with Crippen molar-refractivity contribution in [3.63, 3.8) is 0 Å². The Morgan fingerprint density at radius 3 is 1.62 bits per heavy atom. The molecule has 0 radical (unpaired) electrons. The van der Waals surface area contributed by atoms with E-state index in [0.717, 1.165) is 33.5 Å². The molecule has 1 heterocycles. The Hall–Kier alpha value is -4.64. The molecule has 0 saturated carbocycles. The number of nitrogens with zero attached hydrogens (tertiary/aromatic N) is 1. The molecular formula is C34H31NO4. The maximum Gasteiger partial charge on any atom is 0.329 e. The highest BCUT2D eigenvalue weighted by Crippen LogP contribution is 2.56. The van der Waals surface area contributed by atoms with Crippen LogP contribution in [0, 0.1) is 12.3 Å². The Labute approximate surface area is 229 Å². The molecule has 1 fully saturated rings. The van der Waals surface area contributed by atoms with Crippen molar-refractivity contribution in [1.82, 2.24) is 0 Å². The summed E-state index contributed by atoms with van der Waals surface area (Å²) >= 11 is 0. The fraction of sp³-hybridized carbons (Fsp3) is 0.176. The zero-order valence-electron chi connectivity index (χ0n) is 22.3. The van der Waals surface area contributed by atoms with Gasteiger partial charge in [0.2, 0.25) is 5.41 Å². The number of aryl methyl sites for hydroxylation is 1. The van der Waals surface area contributed by atoms with Crippen molar-refractivity contribution >= 4 is 23.2 Å². The molecule has 5 nitrogen and oxygen atoms in total. The van der Waals surface area contributed by atoms with E-state index in [1.807, 2.05) is 122 Å². The van der Waals surface area contributed by atoms with E-state index >= 15 is 0 Å². The fourth-order valence-electron chi connectivity index (χ4n) is 5.57. The van der Waals surface area contributed by atoms with Gasteiger partial charge in [-0.25, -0.2) is 0 Å². The molecule has 0 amide bonds. The van der Waals surface area contributed by atoms with E-state index in [2.05, 4.69) is 4.90 Å². The Bertz CT molecular complexity index is 1420. The SMILES string of the molecule is COC(=O)C1(C(=O)OC)C[C@H](c2ccccc2)N(c2ccc(C)cc2)C1=C(c1ccccc1)c1ccccc1. The van der Waals surface area contributed by atoms with Crippen LogP contribution in [-0.4, -0.2) is 26.2 Å². The lowest BCUT2D eigenvalue weighted by molar-refractivity contribution is -0.165. The van der Waals surface area contributed by atoms with Crippen molar-refractivity contribution < 1.29 is 19.1 Å². The third-order valence-electron chi connectivity index (χ3n) is 7.38. The molecule has 0 aliphatic carbocycles. The van der Waals surface area contributed by atoms with E-state index in [1.54, 1.807) is 0 Å². The zero-order chi connectivity index (χ0) is 27.4. The number of carbonyl (C=O) groups is 2. The summed E-state index contributed by atoms with van der Waals surface area (Å²) in [7, 11) is 2.64. The lowest BCUT2D eigenvalue weighted by Gasteiger charge is -2.33. The summed E-state index contributed by atoms with van der Waals surface area (Å²) in [5, 5.41) is 0. The molecule has 4 aromatic rings. The molecule has 1 saturated heterocycles. The van der Waals surface area contributed by atoms with Crippen LogP contribution < -0.4 is 4.90 Å². The minimum absolute atomic E-state index is 0.155. The van der Waals surface area contributed by atoms with Crippen molar-refractivity contribution in [2.45, 2.75) is 19.4 Å². The van der Waals surface area contributed by atoms with E-state index in [9.17, 15) is 9.59 Å². The van der Waals surface area contributed by atoms with E-state index in [-0.39, 0.29) is 12.5 Å². The fourth-order valence-corrected chi connectivity index (χ4v) is 5.57. The molecule has 0 unspecified atom stereocenters. The summed E-state index contributed by atoms with van der Waals surface area (Å²) in [5.74, 6) is -1.30. The van der Waals surface area contributed by atoms with Crippen LogP contribution in [0.25, 0.3) is 5.57 Å². The van der Waals surface area contributed by atoms with Crippen molar-refractivity contribution in [1.29, 1.82) is 0 Å². The van der Waals surface area contributed by atoms with Crippen molar-refractivity contribution in [2.75, 3.05) is 19.1 Å². The molecule has 196 valence electrons. The van der Waals surface area contributed by atoms with Crippen LogP contribution in [0.2, 0.25) is 0 Å². The second-order valence-electron chi connectivity index (χ2n) is 9.68. The van der Waals surface area contributed by atoms with Crippen LogP contribution in [0.3, 0.4) is 0 Å². The highest BCUT2D eigenvalue weighted by Gasteiger charge is 2.62. The molecule has 1 atom stereocenters. The highest BCUT2D eigenvalue weighted by molar-refractivity contribution is 6.09. The van der Waals surface area contributed by atoms with Crippen LogP contribution in [-0.2, 0) is 19.1 Å². The molecule has 0 aromatic heterocycles. The number of methoxy groups -OCH3 is 2. The van der Waals surface area contributed by atoms with Gasteiger partial charge in [-0.3, -0.25) is 9.59 Å². The summed E-state index contributed by atoms with van der Waals surface area (Å²) in [6.45, 7) is 2.03. The van der Waals surface area contributed by atoms with Gasteiger partial charge in [0.15, 0.2) is 0 Å². The number of rotatable bonds is 6. The molecular weight excluding hydrogens is 486 g/mol. The Kier molecular flexibility index (Phi) is 7.33. The largest absolute Gasteiger partial charge is 0.468 e. The lowest BCUT2D eigenvalue weighted by atomic mass is 9.77. The highest BCUT2D eigenvalue weighted by atomic mass is 16.5. The summed E-state index contributed by atoms with van der Waals surface area (Å²) in [6, 6.07) is 37.5. The molecule has 4 aromatic carbocycles. The average molecular weight is 518 g/mol. The molecule has 5 rings (SSSR count). The average Bonchev–Trinajstić information content (AvgIpc) is 3.35. The number of esters is 2. The van der Waals surface area contributed by atoms with Gasteiger partial charge in [0, 0.05) is 17.7 Å². The minimum atomic E-state index is -1.71. The smallest absolute Gasteiger partial charge is 0.329 e. The van der Waals surface area contributed by atoms with Gasteiger partial charge in [0.05, 0.1) is 26.0 Å². The topological polar surface area (TPSA) is 55.8 Å². The van der Waals surface area contributed by atoms with Gasteiger partial charge in [0.1, 0.15) is 0 Å². The summed E-state index contributed by atoms with van der Waals surface area (Å²) in [6.07, 6.45) is 0.155. The third-order valence-corrected chi connectivity index (χ3v) is 7.38. The number of benzene rings is 4. The second-order valence-corrected chi connectivity index (χ2v) is 9.68. The first-order valence-electron chi connectivity index (χ1n) is 12.9. The molecule has 0 spiro atoms. The van der Waals surface area contributed by atoms with Crippen LogP contribution in [0.4, 0.5) is 5.69 Å². The van der Waals surface area contributed by atoms with E-state index in [1.165, 1.54) is 14.2 Å². The monoisotopic (exact) mass is 517 g/mol. The summed E-state index contributed by atoms with van der Waals surface area (Å²) in [4.78, 5) is 30.0. The number of ether oxygens (including phenoxy) is 2. The Morgan fingerprint density at radius 2 is 1.15 bits per heavy atom. The summed E-state index contributed by atoms with van der Waals surface area (Å²) in [5.41, 5.74) is 4.30. The van der Waals surface area contributed by atoms with E-state index < -0.39 is 17.4 Å². The number of hydrogen-bond donors (Lipinski definition) is 0. The van der Waals surface area contributed by atoms with Crippen molar-refractivity contribution in [2.24, 2.45) is 5.41 Å². The van der Waals surface area contributed by atoms with Gasteiger partial charge in [-0.2, -0.15) is 0 Å². The molecule has 5 heteroatoms. The van der Waals surface area contributed by atoms with Gasteiger partial charge < -0.3 is 14.4 Å².